The van der Waals surface area contributed by atoms with Crippen molar-refractivity contribution >= 4 is 16.2 Å². The van der Waals surface area contributed by atoms with Crippen LogP contribution in [0.3, 0.4) is 0 Å². The molecule has 0 aliphatic heterocycles. The topological polar surface area (TPSA) is 43.4 Å². The molecule has 1 aromatic rings. The molecule has 5 heteroatoms. The average Bonchev–Trinajstić information content (AvgIpc) is 2.19. The van der Waals surface area contributed by atoms with E-state index < -0.39 is 10.1 Å². The first-order valence-electron chi connectivity index (χ1n) is 4.26. The Hall–Kier alpha value is -0.290. The van der Waals surface area contributed by atoms with Gasteiger partial charge in [-0.05, 0) is 18.6 Å². The van der Waals surface area contributed by atoms with Gasteiger partial charge in [-0.1, -0.05) is 30.3 Å². The maximum Gasteiger partial charge on any atom is 1.00 e. The first-order chi connectivity index (χ1) is 6.64. The van der Waals surface area contributed by atoms with Gasteiger partial charge < -0.3 is 5.61 Å². The van der Waals surface area contributed by atoms with E-state index >= 15 is 0 Å². The quantitative estimate of drug-likeness (QED) is 0.388. The molecule has 0 spiro atoms. The third-order valence-corrected chi connectivity index (χ3v) is 2.73. The van der Waals surface area contributed by atoms with Gasteiger partial charge in [0.1, 0.15) is 6.26 Å². The molecule has 15 heavy (non-hydrogen) atoms. The van der Waals surface area contributed by atoms with Crippen LogP contribution in [0.1, 0.15) is 13.9 Å². The SMILES string of the molecule is CCS(=O)(=O)OC=Cc1ccccc1.[H-].[Na+]. The Morgan fingerprint density at radius 1 is 1.33 bits per heavy atom. The minimum absolute atomic E-state index is 0. The van der Waals surface area contributed by atoms with Crippen LogP contribution in [0.2, 0.25) is 0 Å². The molecule has 0 atom stereocenters. The van der Waals surface area contributed by atoms with Gasteiger partial charge in [0.05, 0.1) is 5.75 Å². The fourth-order valence-corrected chi connectivity index (χ4v) is 1.18. The van der Waals surface area contributed by atoms with Crippen LogP contribution in [0.5, 0.6) is 0 Å². The van der Waals surface area contributed by atoms with E-state index in [0.29, 0.717) is 0 Å². The molecule has 0 radical (unpaired) electrons. The largest absolute Gasteiger partial charge is 1.00 e. The molecule has 0 heterocycles. The molecule has 0 bridgehead atoms. The molecule has 0 amide bonds. The molecule has 0 unspecified atom stereocenters. The molecule has 0 N–H and O–H groups in total. The molecule has 0 fully saturated rings. The minimum atomic E-state index is -3.38. The van der Waals surface area contributed by atoms with E-state index in [-0.39, 0.29) is 36.7 Å². The summed E-state index contributed by atoms with van der Waals surface area (Å²) < 4.78 is 26.4. The molecule has 1 rings (SSSR count). The van der Waals surface area contributed by atoms with Gasteiger partial charge in [-0.2, -0.15) is 8.42 Å². The molecule has 0 saturated carbocycles. The molecule has 0 aliphatic rings. The van der Waals surface area contributed by atoms with Crippen molar-refractivity contribution in [2.75, 3.05) is 5.75 Å². The van der Waals surface area contributed by atoms with Gasteiger partial charge in [0.15, 0.2) is 0 Å². The summed E-state index contributed by atoms with van der Waals surface area (Å²) in [5.74, 6) is -0.0217. The fraction of sp³-hybridized carbons (Fsp3) is 0.200. The Kier molecular flexibility index (Phi) is 6.92. The Morgan fingerprint density at radius 3 is 2.47 bits per heavy atom. The second-order valence-electron chi connectivity index (χ2n) is 2.66. The molecule has 0 aromatic heterocycles. The number of hydrogen-bond acceptors (Lipinski definition) is 3. The van der Waals surface area contributed by atoms with Crippen LogP contribution in [-0.2, 0) is 14.3 Å². The third-order valence-electron chi connectivity index (χ3n) is 1.62. The van der Waals surface area contributed by atoms with Crippen molar-refractivity contribution in [3.05, 3.63) is 42.2 Å². The third kappa shape index (κ3) is 5.99. The van der Waals surface area contributed by atoms with Gasteiger partial charge in [-0.25, -0.2) is 0 Å². The van der Waals surface area contributed by atoms with Crippen LogP contribution in [0.25, 0.3) is 6.08 Å². The summed E-state index contributed by atoms with van der Waals surface area (Å²) in [6, 6.07) is 9.35. The van der Waals surface area contributed by atoms with E-state index in [4.69, 9.17) is 0 Å². The van der Waals surface area contributed by atoms with Gasteiger partial charge in [-0.15, -0.1) is 0 Å². The van der Waals surface area contributed by atoms with Crippen LogP contribution >= 0.6 is 0 Å². The maximum atomic E-state index is 10.9. The van der Waals surface area contributed by atoms with Gasteiger partial charge in [0.2, 0.25) is 0 Å². The average molecular weight is 236 g/mol. The smallest absolute Gasteiger partial charge is 1.00 e. The van der Waals surface area contributed by atoms with Crippen LogP contribution in [0.15, 0.2) is 36.6 Å². The second kappa shape index (κ2) is 7.06. The van der Waals surface area contributed by atoms with Crippen molar-refractivity contribution in [2.45, 2.75) is 6.92 Å². The zero-order valence-electron chi connectivity index (χ0n) is 9.88. The minimum Gasteiger partial charge on any atom is -1.00 e. The van der Waals surface area contributed by atoms with E-state index in [2.05, 4.69) is 4.18 Å². The van der Waals surface area contributed by atoms with E-state index in [0.717, 1.165) is 5.56 Å². The van der Waals surface area contributed by atoms with Crippen LogP contribution < -0.4 is 29.6 Å². The van der Waals surface area contributed by atoms with Gasteiger partial charge in [0.25, 0.3) is 0 Å². The molecule has 0 saturated heterocycles. The zero-order chi connectivity index (χ0) is 10.4. The number of rotatable bonds is 4. The summed E-state index contributed by atoms with van der Waals surface area (Å²) >= 11 is 0. The maximum absolute atomic E-state index is 10.9. The summed E-state index contributed by atoms with van der Waals surface area (Å²) in [6.07, 6.45) is 2.79. The summed E-state index contributed by atoms with van der Waals surface area (Å²) in [5.41, 5.74) is 0.902. The van der Waals surface area contributed by atoms with Crippen LogP contribution in [0.4, 0.5) is 0 Å². The van der Waals surface area contributed by atoms with Crippen molar-refractivity contribution in [1.29, 1.82) is 0 Å². The Balaban J connectivity index is 0. The Morgan fingerprint density at radius 2 is 1.93 bits per heavy atom. The van der Waals surface area contributed by atoms with E-state index in [1.165, 1.54) is 13.2 Å². The molecule has 78 valence electrons. The number of hydrogen-bond donors (Lipinski definition) is 0. The number of benzene rings is 1. The predicted octanol–water partition coefficient (Wildman–Crippen LogP) is -0.860. The van der Waals surface area contributed by atoms with Gasteiger partial charge in [0, 0.05) is 0 Å². The summed E-state index contributed by atoms with van der Waals surface area (Å²) in [7, 11) is -3.38. The first-order valence-corrected chi connectivity index (χ1v) is 5.84. The van der Waals surface area contributed by atoms with Crippen molar-refractivity contribution in [3.8, 4) is 0 Å². The van der Waals surface area contributed by atoms with Crippen LogP contribution in [-0.4, -0.2) is 14.2 Å². The second-order valence-corrected chi connectivity index (χ2v) is 4.54. The molecular formula is C10H13NaO3S. The summed E-state index contributed by atoms with van der Waals surface area (Å²) in [4.78, 5) is 0. The van der Waals surface area contributed by atoms with Crippen molar-refractivity contribution in [1.82, 2.24) is 0 Å². The molecular weight excluding hydrogens is 223 g/mol. The zero-order valence-corrected chi connectivity index (χ0v) is 11.7. The monoisotopic (exact) mass is 236 g/mol. The normalized spacial score (nSPS) is 11.0. The molecule has 1 aromatic carbocycles. The van der Waals surface area contributed by atoms with Gasteiger partial charge >= 0.3 is 39.7 Å². The Labute approximate surface area is 114 Å². The standard InChI is InChI=1S/C10H12O3S.Na.H/c1-2-14(11,12)13-9-8-10-6-4-3-5-7-10;;/h3-9H,2H2,1H3;;/q;+1;-1. The summed E-state index contributed by atoms with van der Waals surface area (Å²) in [6.45, 7) is 1.53. The van der Waals surface area contributed by atoms with Gasteiger partial charge in [-0.3, -0.25) is 0 Å². The fourth-order valence-electron chi connectivity index (χ4n) is 0.823. The Bertz CT molecular complexity index is 403. The van der Waals surface area contributed by atoms with E-state index in [1.54, 1.807) is 6.08 Å². The first kappa shape index (κ1) is 14.7. The molecule has 0 aliphatic carbocycles. The van der Waals surface area contributed by atoms with Crippen molar-refractivity contribution < 1.29 is 43.6 Å². The molecule has 3 nitrogen and oxygen atoms in total. The van der Waals surface area contributed by atoms with Crippen molar-refractivity contribution in [2.24, 2.45) is 0 Å². The van der Waals surface area contributed by atoms with E-state index in [1.807, 2.05) is 30.3 Å². The summed E-state index contributed by atoms with van der Waals surface area (Å²) in [5, 5.41) is 0. The van der Waals surface area contributed by atoms with E-state index in [9.17, 15) is 8.42 Å². The van der Waals surface area contributed by atoms with Crippen LogP contribution in [0, 0.1) is 0 Å². The van der Waals surface area contributed by atoms with Crippen molar-refractivity contribution in [3.63, 3.8) is 0 Å². The predicted molar refractivity (Wildman–Crippen MR) is 57.1 cm³/mol.